The summed E-state index contributed by atoms with van der Waals surface area (Å²) in [4.78, 5) is 12.7. The summed E-state index contributed by atoms with van der Waals surface area (Å²) in [5.74, 6) is -0.313. The number of carbonyl (C=O) groups excluding carboxylic acids is 1. The molecule has 6 heteroatoms. The van der Waals surface area contributed by atoms with Crippen molar-refractivity contribution in [3.05, 3.63) is 59.7 Å². The van der Waals surface area contributed by atoms with Crippen LogP contribution < -0.4 is 5.32 Å². The van der Waals surface area contributed by atoms with Gasteiger partial charge >= 0.3 is 0 Å². The van der Waals surface area contributed by atoms with E-state index < -0.39 is 10.0 Å². The Labute approximate surface area is 155 Å². The number of anilines is 1. The molecule has 0 aromatic heterocycles. The van der Waals surface area contributed by atoms with Gasteiger partial charge in [-0.3, -0.25) is 4.79 Å². The van der Waals surface area contributed by atoms with Crippen molar-refractivity contribution in [2.45, 2.75) is 37.5 Å². The van der Waals surface area contributed by atoms with Crippen LogP contribution in [0.4, 0.5) is 5.69 Å². The van der Waals surface area contributed by atoms with Crippen molar-refractivity contribution in [1.29, 1.82) is 0 Å². The minimum absolute atomic E-state index is 0.178. The molecule has 0 bridgehead atoms. The molecule has 1 heterocycles. The minimum atomic E-state index is -3.57. The molecule has 0 spiro atoms. The molecule has 0 aliphatic carbocycles. The summed E-state index contributed by atoms with van der Waals surface area (Å²) in [6.07, 6.45) is 3.88. The Morgan fingerprint density at radius 3 is 2.35 bits per heavy atom. The first-order chi connectivity index (χ1) is 12.5. The highest BCUT2D eigenvalue weighted by Gasteiger charge is 2.25. The second-order valence-corrected chi connectivity index (χ2v) is 8.55. The van der Waals surface area contributed by atoms with Crippen LogP contribution in [0.3, 0.4) is 0 Å². The summed E-state index contributed by atoms with van der Waals surface area (Å²) < 4.78 is 27.4. The lowest BCUT2D eigenvalue weighted by molar-refractivity contribution is 0.102. The molecule has 26 heavy (non-hydrogen) atoms. The number of rotatable bonds is 4. The summed E-state index contributed by atoms with van der Waals surface area (Å²) >= 11 is 0. The zero-order chi connectivity index (χ0) is 18.6. The van der Waals surface area contributed by atoms with Crippen molar-refractivity contribution in [1.82, 2.24) is 4.31 Å². The molecular formula is C20H24N2O3S. The molecule has 0 saturated carbocycles. The second-order valence-electron chi connectivity index (χ2n) is 6.62. The van der Waals surface area contributed by atoms with E-state index in [1.807, 2.05) is 31.2 Å². The highest BCUT2D eigenvalue weighted by atomic mass is 32.2. The van der Waals surface area contributed by atoms with Crippen LogP contribution in [0.25, 0.3) is 0 Å². The highest BCUT2D eigenvalue weighted by molar-refractivity contribution is 7.89. The van der Waals surface area contributed by atoms with Crippen molar-refractivity contribution in [3.8, 4) is 0 Å². The molecule has 1 saturated heterocycles. The van der Waals surface area contributed by atoms with Crippen LogP contribution in [-0.2, 0) is 10.0 Å². The van der Waals surface area contributed by atoms with Gasteiger partial charge in [-0.25, -0.2) is 8.42 Å². The van der Waals surface area contributed by atoms with Gasteiger partial charge in [0.05, 0.1) is 4.90 Å². The maximum absolute atomic E-state index is 12.9. The van der Waals surface area contributed by atoms with Gasteiger partial charge in [0.1, 0.15) is 0 Å². The van der Waals surface area contributed by atoms with Gasteiger partial charge in [0.15, 0.2) is 0 Å². The molecule has 3 rings (SSSR count). The van der Waals surface area contributed by atoms with Crippen LogP contribution >= 0.6 is 0 Å². The fourth-order valence-electron chi connectivity index (χ4n) is 3.14. The summed E-state index contributed by atoms with van der Waals surface area (Å²) in [6, 6.07) is 13.8. The number of benzene rings is 2. The Kier molecular flexibility index (Phi) is 5.74. The largest absolute Gasteiger partial charge is 0.322 e. The first kappa shape index (κ1) is 18.6. The smallest absolute Gasteiger partial charge is 0.255 e. The van der Waals surface area contributed by atoms with Crippen LogP contribution in [0, 0.1) is 6.92 Å². The van der Waals surface area contributed by atoms with Crippen LogP contribution in [0.15, 0.2) is 53.4 Å². The first-order valence-corrected chi connectivity index (χ1v) is 10.4. The lowest BCUT2D eigenvalue weighted by Gasteiger charge is -2.20. The number of amides is 1. The number of nitrogens with one attached hydrogen (secondary N) is 1. The van der Waals surface area contributed by atoms with Crippen LogP contribution in [0.1, 0.15) is 41.6 Å². The molecule has 5 nitrogen and oxygen atoms in total. The summed E-state index contributed by atoms with van der Waals surface area (Å²) in [6.45, 7) is 3.00. The molecule has 2 aromatic rings. The lowest BCUT2D eigenvalue weighted by Crippen LogP contribution is -2.32. The number of hydrogen-bond donors (Lipinski definition) is 1. The number of sulfonamides is 1. The number of para-hydroxylation sites is 1. The van der Waals surface area contributed by atoms with Gasteiger partial charge in [-0.05, 0) is 49.6 Å². The normalized spacial score (nSPS) is 16.0. The zero-order valence-corrected chi connectivity index (χ0v) is 15.8. The van der Waals surface area contributed by atoms with Crippen LogP contribution in [-0.4, -0.2) is 31.7 Å². The Morgan fingerprint density at radius 1 is 0.962 bits per heavy atom. The molecule has 1 N–H and O–H groups in total. The van der Waals surface area contributed by atoms with E-state index in [1.54, 1.807) is 22.5 Å². The monoisotopic (exact) mass is 372 g/mol. The number of aryl methyl sites for hydroxylation is 1. The molecule has 1 amide bonds. The van der Waals surface area contributed by atoms with E-state index in [9.17, 15) is 13.2 Å². The van der Waals surface area contributed by atoms with Crippen molar-refractivity contribution in [2.24, 2.45) is 0 Å². The van der Waals surface area contributed by atoms with Crippen LogP contribution in [0.5, 0.6) is 0 Å². The summed E-state index contributed by atoms with van der Waals surface area (Å²) in [5, 5.41) is 2.85. The topological polar surface area (TPSA) is 66.5 Å². The zero-order valence-electron chi connectivity index (χ0n) is 14.9. The number of nitrogens with zero attached hydrogens (tertiary/aromatic N) is 1. The van der Waals surface area contributed by atoms with Crippen molar-refractivity contribution in [2.75, 3.05) is 18.4 Å². The molecule has 0 atom stereocenters. The molecule has 1 aliphatic heterocycles. The molecular weight excluding hydrogens is 348 g/mol. The molecule has 0 radical (unpaired) electrons. The molecule has 138 valence electrons. The first-order valence-electron chi connectivity index (χ1n) is 8.96. The van der Waals surface area contributed by atoms with Crippen molar-refractivity contribution in [3.63, 3.8) is 0 Å². The van der Waals surface area contributed by atoms with Crippen molar-refractivity contribution < 1.29 is 13.2 Å². The fourth-order valence-corrected chi connectivity index (χ4v) is 4.70. The maximum Gasteiger partial charge on any atom is 0.255 e. The van der Waals surface area contributed by atoms with Gasteiger partial charge in [0.25, 0.3) is 5.91 Å². The predicted molar refractivity (Wildman–Crippen MR) is 103 cm³/mol. The average molecular weight is 372 g/mol. The van der Waals surface area contributed by atoms with Gasteiger partial charge in [-0.1, -0.05) is 37.1 Å². The average Bonchev–Trinajstić information content (AvgIpc) is 2.94. The maximum atomic E-state index is 12.9. The van der Waals surface area contributed by atoms with Gasteiger partial charge in [-0.2, -0.15) is 4.31 Å². The van der Waals surface area contributed by atoms with Crippen LogP contribution in [0.2, 0.25) is 0 Å². The fraction of sp³-hybridized carbons (Fsp3) is 0.350. The quantitative estimate of drug-likeness (QED) is 0.887. The summed E-state index contributed by atoms with van der Waals surface area (Å²) in [5.41, 5.74) is 2.01. The van der Waals surface area contributed by atoms with E-state index in [4.69, 9.17) is 0 Å². The van der Waals surface area contributed by atoms with E-state index in [0.29, 0.717) is 18.7 Å². The number of carbonyl (C=O) groups is 1. The lowest BCUT2D eigenvalue weighted by atomic mass is 10.1. The van der Waals surface area contributed by atoms with E-state index in [0.717, 1.165) is 36.9 Å². The third-order valence-corrected chi connectivity index (χ3v) is 6.59. The Bertz CT molecular complexity index is 885. The van der Waals surface area contributed by atoms with E-state index in [-0.39, 0.29) is 10.8 Å². The number of hydrogen-bond acceptors (Lipinski definition) is 3. The molecule has 1 aliphatic rings. The molecule has 1 fully saturated rings. The minimum Gasteiger partial charge on any atom is -0.322 e. The Morgan fingerprint density at radius 2 is 1.65 bits per heavy atom. The Balaban J connectivity index is 1.83. The highest BCUT2D eigenvalue weighted by Crippen LogP contribution is 2.22. The SMILES string of the molecule is Cc1ccccc1NC(=O)c1cccc(S(=O)(=O)N2CCCCCC2)c1. The standard InChI is InChI=1S/C20H24N2O3S/c1-16-9-4-5-12-19(16)21-20(23)17-10-8-11-18(15-17)26(24,25)22-13-6-2-3-7-14-22/h4-5,8-12,15H,2-3,6-7,13-14H2,1H3,(H,21,23). The van der Waals surface area contributed by atoms with Gasteiger partial charge < -0.3 is 5.32 Å². The van der Waals surface area contributed by atoms with Crippen molar-refractivity contribution >= 4 is 21.6 Å². The Hall–Kier alpha value is -2.18. The van der Waals surface area contributed by atoms with E-state index in [2.05, 4.69) is 5.32 Å². The van der Waals surface area contributed by atoms with Gasteiger partial charge in [0, 0.05) is 24.3 Å². The van der Waals surface area contributed by atoms with Gasteiger partial charge in [-0.15, -0.1) is 0 Å². The molecule has 0 unspecified atom stereocenters. The molecule has 2 aromatic carbocycles. The van der Waals surface area contributed by atoms with Gasteiger partial charge in [0.2, 0.25) is 10.0 Å². The summed E-state index contributed by atoms with van der Waals surface area (Å²) in [7, 11) is -3.57. The van der Waals surface area contributed by atoms with E-state index >= 15 is 0 Å². The third kappa shape index (κ3) is 4.14. The second kappa shape index (κ2) is 8.01. The van der Waals surface area contributed by atoms with E-state index in [1.165, 1.54) is 6.07 Å². The third-order valence-electron chi connectivity index (χ3n) is 4.69. The predicted octanol–water partition coefficient (Wildman–Crippen LogP) is 3.81.